The monoisotopic (exact) mass is 617 g/mol. The highest BCUT2D eigenvalue weighted by Crippen LogP contribution is 2.40. The summed E-state index contributed by atoms with van der Waals surface area (Å²) in [6, 6.07) is 16.9. The van der Waals surface area contributed by atoms with E-state index in [1.165, 1.54) is 19.1 Å². The molecule has 2 N–H and O–H groups in total. The Balaban J connectivity index is 1.35. The number of nitrogens with one attached hydrogen (secondary N) is 2. The highest BCUT2D eigenvalue weighted by molar-refractivity contribution is 7.92. The number of piperidine rings is 2. The molecule has 2 fully saturated rings. The number of pyridine rings is 1. The second-order valence-corrected chi connectivity index (χ2v) is 13.9. The Morgan fingerprint density at radius 3 is 2.52 bits per heavy atom. The first-order valence-electron chi connectivity index (χ1n) is 15.4. The summed E-state index contributed by atoms with van der Waals surface area (Å²) in [6.07, 6.45) is 4.86. The van der Waals surface area contributed by atoms with E-state index in [1.807, 2.05) is 27.7 Å². The molecule has 6 rings (SSSR count). The number of anilines is 3. The number of rotatable bonds is 7. The van der Waals surface area contributed by atoms with Crippen LogP contribution in [0.25, 0.3) is 0 Å². The Labute approximate surface area is 258 Å². The van der Waals surface area contributed by atoms with Crippen LogP contribution >= 0.6 is 0 Å². The third-order valence-corrected chi connectivity index (χ3v) is 10.5. The number of benzene rings is 2. The molecule has 3 atom stereocenters. The fourth-order valence-electron chi connectivity index (χ4n) is 7.10. The van der Waals surface area contributed by atoms with Crippen molar-refractivity contribution < 1.29 is 18.0 Å². The summed E-state index contributed by atoms with van der Waals surface area (Å²) in [5.74, 6) is 0.0175. The molecule has 0 radical (unpaired) electrons. The van der Waals surface area contributed by atoms with Gasteiger partial charge in [-0.25, -0.2) is 8.42 Å². The van der Waals surface area contributed by atoms with Crippen LogP contribution in [-0.2, 0) is 21.4 Å². The van der Waals surface area contributed by atoms with Crippen LogP contribution in [0.3, 0.4) is 0 Å². The summed E-state index contributed by atoms with van der Waals surface area (Å²) in [6.45, 7) is 6.07. The van der Waals surface area contributed by atoms with Gasteiger partial charge in [0.1, 0.15) is 0 Å². The number of hydrogen-bond donors (Lipinski definition) is 2. The molecule has 0 saturated carbocycles. The molecule has 0 aliphatic carbocycles. The quantitative estimate of drug-likeness (QED) is 0.399. The van der Waals surface area contributed by atoms with Crippen LogP contribution in [0.4, 0.5) is 17.1 Å². The molecule has 3 aromatic rings. The van der Waals surface area contributed by atoms with Gasteiger partial charge < -0.3 is 19.7 Å². The molecule has 10 nitrogen and oxygen atoms in total. The number of fused-ring (bicyclic) bond motifs is 4. The third-order valence-electron chi connectivity index (χ3n) is 9.15. The van der Waals surface area contributed by atoms with E-state index in [-0.39, 0.29) is 40.1 Å². The van der Waals surface area contributed by atoms with Crippen molar-refractivity contribution in [1.82, 2.24) is 9.47 Å². The maximum absolute atomic E-state index is 13.8. The van der Waals surface area contributed by atoms with Crippen LogP contribution in [0.2, 0.25) is 0 Å². The van der Waals surface area contributed by atoms with Gasteiger partial charge in [0.2, 0.25) is 5.91 Å². The lowest BCUT2D eigenvalue weighted by molar-refractivity contribution is -0.114. The van der Waals surface area contributed by atoms with E-state index in [1.54, 1.807) is 30.3 Å². The van der Waals surface area contributed by atoms with Gasteiger partial charge in [-0.2, -0.15) is 0 Å². The van der Waals surface area contributed by atoms with Gasteiger partial charge in [-0.3, -0.25) is 19.1 Å². The first-order valence-corrected chi connectivity index (χ1v) is 16.9. The second-order valence-electron chi connectivity index (χ2n) is 12.2. The first kappa shape index (κ1) is 29.9. The molecule has 2 saturated heterocycles. The number of amides is 2. The average molecular weight is 618 g/mol. The van der Waals surface area contributed by atoms with Gasteiger partial charge in [0.15, 0.2) is 0 Å². The smallest absolute Gasteiger partial charge is 0.261 e. The van der Waals surface area contributed by atoms with Crippen molar-refractivity contribution in [1.29, 1.82) is 0 Å². The molecule has 0 spiro atoms. The van der Waals surface area contributed by atoms with E-state index >= 15 is 0 Å². The van der Waals surface area contributed by atoms with Crippen molar-refractivity contribution in [3.05, 3.63) is 82.3 Å². The number of aromatic nitrogens is 1. The van der Waals surface area contributed by atoms with Crippen LogP contribution in [0.5, 0.6) is 0 Å². The van der Waals surface area contributed by atoms with E-state index in [2.05, 4.69) is 21.9 Å². The van der Waals surface area contributed by atoms with Gasteiger partial charge >= 0.3 is 0 Å². The van der Waals surface area contributed by atoms with E-state index in [0.717, 1.165) is 37.8 Å². The molecule has 232 valence electrons. The first-order chi connectivity index (χ1) is 21.1. The van der Waals surface area contributed by atoms with Gasteiger partial charge in [-0.15, -0.1) is 0 Å². The maximum Gasteiger partial charge on any atom is 0.261 e. The van der Waals surface area contributed by atoms with Gasteiger partial charge in [-0.05, 0) is 86.6 Å². The van der Waals surface area contributed by atoms with Gasteiger partial charge in [0.25, 0.3) is 21.5 Å². The lowest BCUT2D eigenvalue weighted by atomic mass is 9.83. The van der Waals surface area contributed by atoms with E-state index in [4.69, 9.17) is 0 Å². The predicted octanol–water partition coefficient (Wildman–Crippen LogP) is 4.64. The van der Waals surface area contributed by atoms with Gasteiger partial charge in [-0.1, -0.05) is 13.0 Å². The second kappa shape index (κ2) is 12.1. The fourth-order valence-corrected chi connectivity index (χ4v) is 8.17. The standard InChI is InChI=1S/C33H39N5O5S/c1-3-27-7-4-5-16-37(27)33(41)24-10-15-31(36-19-23-17-25(21-36)30-8-6-9-32(40)38(30)20-23)29(18-24)35-44(42,43)28-13-11-26(12-14-28)34-22(2)39/h6,8-15,18,23,25,27,35H,3-5,7,16-17,19-21H2,1-2H3,(H,34,39)/t23-,25+,27-/m1/s1. The summed E-state index contributed by atoms with van der Waals surface area (Å²) in [5, 5.41) is 2.65. The summed E-state index contributed by atoms with van der Waals surface area (Å²) < 4.78 is 32.1. The van der Waals surface area contributed by atoms with E-state index < -0.39 is 10.0 Å². The van der Waals surface area contributed by atoms with Crippen molar-refractivity contribution in [2.45, 2.75) is 69.4 Å². The van der Waals surface area contributed by atoms with Crippen LogP contribution in [0.15, 0.2) is 70.4 Å². The predicted molar refractivity (Wildman–Crippen MR) is 171 cm³/mol. The zero-order chi connectivity index (χ0) is 31.0. The van der Waals surface area contributed by atoms with E-state index in [0.29, 0.717) is 48.8 Å². The van der Waals surface area contributed by atoms with Crippen molar-refractivity contribution >= 4 is 38.9 Å². The number of sulfonamides is 1. The average Bonchev–Trinajstić information content (AvgIpc) is 3.01. The van der Waals surface area contributed by atoms with Crippen molar-refractivity contribution in [3.63, 3.8) is 0 Å². The molecule has 0 unspecified atom stereocenters. The minimum absolute atomic E-state index is 0.00887. The Bertz CT molecular complexity index is 1740. The highest BCUT2D eigenvalue weighted by Gasteiger charge is 2.36. The number of hydrogen-bond acceptors (Lipinski definition) is 6. The SMILES string of the molecule is CC[C@@H]1CCCCN1C(=O)c1ccc(N2C[C@H]3C[C@@H](C2)c2cccc(=O)n2C3)c(NS(=O)(=O)c2ccc(NC(C)=O)cc2)c1. The topological polar surface area (TPSA) is 121 Å². The van der Waals surface area contributed by atoms with Crippen molar-refractivity contribution in [2.24, 2.45) is 5.92 Å². The minimum atomic E-state index is -4.04. The normalized spacial score (nSPS) is 21.4. The van der Waals surface area contributed by atoms with Crippen LogP contribution < -0.4 is 20.5 Å². The Hall–Kier alpha value is -4.12. The molecule has 3 aliphatic rings. The number of carbonyl (C=O) groups is 2. The lowest BCUT2D eigenvalue weighted by Gasteiger charge is -2.44. The van der Waals surface area contributed by atoms with Crippen molar-refractivity contribution in [2.75, 3.05) is 34.6 Å². The Kier molecular flexibility index (Phi) is 8.24. The molecule has 44 heavy (non-hydrogen) atoms. The summed E-state index contributed by atoms with van der Waals surface area (Å²) in [5.41, 5.74) is 3.00. The summed E-state index contributed by atoms with van der Waals surface area (Å²) in [7, 11) is -4.04. The molecule has 2 amide bonds. The maximum atomic E-state index is 13.8. The Morgan fingerprint density at radius 2 is 1.77 bits per heavy atom. The summed E-state index contributed by atoms with van der Waals surface area (Å²) in [4.78, 5) is 41.9. The molecule has 1 aromatic heterocycles. The zero-order valence-corrected chi connectivity index (χ0v) is 26.0. The largest absolute Gasteiger partial charge is 0.369 e. The number of carbonyl (C=O) groups excluding carboxylic acids is 2. The van der Waals surface area contributed by atoms with Gasteiger partial charge in [0.05, 0.1) is 16.3 Å². The Morgan fingerprint density at radius 1 is 0.977 bits per heavy atom. The molecule has 2 bridgehead atoms. The van der Waals surface area contributed by atoms with E-state index in [9.17, 15) is 22.8 Å². The van der Waals surface area contributed by atoms with Crippen molar-refractivity contribution in [3.8, 4) is 0 Å². The van der Waals surface area contributed by atoms with Crippen LogP contribution in [0.1, 0.15) is 67.9 Å². The third kappa shape index (κ3) is 5.97. The molecule has 3 aliphatic heterocycles. The number of nitrogens with zero attached hydrogens (tertiary/aromatic N) is 3. The summed E-state index contributed by atoms with van der Waals surface area (Å²) >= 11 is 0. The molecule has 11 heteroatoms. The fraction of sp³-hybridized carbons (Fsp3) is 0.424. The zero-order valence-electron chi connectivity index (χ0n) is 25.2. The molecule has 2 aromatic carbocycles. The lowest BCUT2D eigenvalue weighted by Crippen LogP contribution is -2.47. The van der Waals surface area contributed by atoms with Gasteiger partial charge in [0, 0.05) is 68.1 Å². The molecule has 4 heterocycles. The molecular formula is C33H39N5O5S. The highest BCUT2D eigenvalue weighted by atomic mass is 32.2. The van der Waals surface area contributed by atoms with Crippen LogP contribution in [0, 0.1) is 5.92 Å². The van der Waals surface area contributed by atoms with Crippen LogP contribution in [-0.4, -0.2) is 55.4 Å². The minimum Gasteiger partial charge on any atom is -0.369 e. The molecular weight excluding hydrogens is 578 g/mol. The number of likely N-dealkylation sites (tertiary alicyclic amines) is 1.